The summed E-state index contributed by atoms with van der Waals surface area (Å²) in [6.07, 6.45) is 0.544. The molecule has 1 saturated heterocycles. The lowest BCUT2D eigenvalue weighted by Gasteiger charge is -2.38. The third kappa shape index (κ3) is 6.49. The first-order chi connectivity index (χ1) is 18.9. The Morgan fingerprint density at radius 3 is 1.88 bits per heavy atom. The van der Waals surface area contributed by atoms with Gasteiger partial charge in [-0.05, 0) is 48.6 Å². The van der Waals surface area contributed by atoms with Gasteiger partial charge in [-0.15, -0.1) is 0 Å². The Morgan fingerprint density at radius 1 is 0.825 bits per heavy atom. The van der Waals surface area contributed by atoms with E-state index in [-0.39, 0.29) is 34.8 Å². The summed E-state index contributed by atoms with van der Waals surface area (Å²) in [5.74, 6) is -0.704. The van der Waals surface area contributed by atoms with E-state index in [0.717, 1.165) is 14.2 Å². The van der Waals surface area contributed by atoms with Gasteiger partial charge in [-0.1, -0.05) is 80.6 Å². The second kappa shape index (κ2) is 12.0. The van der Waals surface area contributed by atoms with E-state index in [1.165, 1.54) is 24.3 Å². The van der Waals surface area contributed by atoms with E-state index in [0.29, 0.717) is 12.1 Å². The average Bonchev–Trinajstić information content (AvgIpc) is 2.96. The number of sulfonamides is 2. The summed E-state index contributed by atoms with van der Waals surface area (Å²) in [5.41, 5.74) is 4.02. The Morgan fingerprint density at radius 2 is 1.32 bits per heavy atom. The van der Waals surface area contributed by atoms with Gasteiger partial charge in [0.25, 0.3) is 5.91 Å². The van der Waals surface area contributed by atoms with E-state index in [2.05, 4.69) is 24.4 Å². The van der Waals surface area contributed by atoms with Crippen molar-refractivity contribution in [2.75, 3.05) is 19.6 Å². The number of amides is 1. The summed E-state index contributed by atoms with van der Waals surface area (Å²) in [4.78, 5) is 13.6. The zero-order valence-corrected chi connectivity index (χ0v) is 24.4. The molecule has 0 bridgehead atoms. The monoisotopic (exact) mass is 582 g/mol. The van der Waals surface area contributed by atoms with Gasteiger partial charge in [0.1, 0.15) is 6.04 Å². The molecule has 4 rings (SSSR count). The second-order valence-electron chi connectivity index (χ2n) is 10.4. The lowest BCUT2D eigenvalue weighted by molar-refractivity contribution is -0.125. The van der Waals surface area contributed by atoms with Crippen LogP contribution in [0.3, 0.4) is 0 Å². The van der Waals surface area contributed by atoms with Crippen LogP contribution in [0.25, 0.3) is 0 Å². The molecule has 3 aromatic rings. The third-order valence-corrected chi connectivity index (χ3v) is 10.7. The Bertz CT molecular complexity index is 1560. The molecule has 1 heterocycles. The Balaban J connectivity index is 1.60. The largest absolute Gasteiger partial charge is 0.271 e. The van der Waals surface area contributed by atoms with E-state index in [9.17, 15) is 21.6 Å². The lowest BCUT2D eigenvalue weighted by atomic mass is 9.80. The van der Waals surface area contributed by atoms with Crippen LogP contribution >= 0.6 is 0 Å². The number of hydrogen-bond acceptors (Lipinski definition) is 6. The minimum absolute atomic E-state index is 0.0245. The van der Waals surface area contributed by atoms with Crippen LogP contribution in [0.1, 0.15) is 32.8 Å². The maximum atomic E-state index is 13.6. The highest BCUT2D eigenvalue weighted by molar-refractivity contribution is 7.89. The fourth-order valence-electron chi connectivity index (χ4n) is 4.83. The quantitative estimate of drug-likeness (QED) is 0.306. The molecule has 1 aliphatic heterocycles. The number of benzene rings is 3. The SMILES string of the molecule is C/C(CC(C)(C)c1ccccc1)=N/NC(=O)[C@H]1CN(S(=O)(=O)c2ccccc2)CCN1S(=O)(=O)c1ccccc1. The smallest absolute Gasteiger partial charge is 0.259 e. The van der Waals surface area contributed by atoms with Crippen LogP contribution in [0.15, 0.2) is 106 Å². The zero-order valence-electron chi connectivity index (χ0n) is 22.8. The van der Waals surface area contributed by atoms with E-state index < -0.39 is 32.0 Å². The molecule has 1 N–H and O–H groups in total. The highest BCUT2D eigenvalue weighted by Crippen LogP contribution is 2.28. The molecule has 11 heteroatoms. The standard InChI is InChI=1S/C29H34N4O5S2/c1-23(21-29(2,3)24-13-7-4-8-14-24)30-31-28(34)27-22-32(39(35,36)25-15-9-5-10-16-25)19-20-33(27)40(37,38)26-17-11-6-12-18-26/h4-18,27H,19-22H2,1-3H3,(H,31,34)/b30-23-/t27-/m1/s1. The van der Waals surface area contributed by atoms with Gasteiger partial charge >= 0.3 is 0 Å². The van der Waals surface area contributed by atoms with E-state index in [1.807, 2.05) is 30.3 Å². The summed E-state index contributed by atoms with van der Waals surface area (Å²) >= 11 is 0. The first-order valence-electron chi connectivity index (χ1n) is 12.9. The lowest BCUT2D eigenvalue weighted by Crippen LogP contribution is -2.60. The Kier molecular flexibility index (Phi) is 8.89. The van der Waals surface area contributed by atoms with Crippen molar-refractivity contribution in [1.82, 2.24) is 14.0 Å². The highest BCUT2D eigenvalue weighted by atomic mass is 32.2. The molecular weight excluding hydrogens is 548 g/mol. The fraction of sp³-hybridized carbons (Fsp3) is 0.310. The maximum Gasteiger partial charge on any atom is 0.259 e. The molecule has 3 aromatic carbocycles. The molecule has 0 unspecified atom stereocenters. The van der Waals surface area contributed by atoms with Gasteiger partial charge in [0.15, 0.2) is 0 Å². The van der Waals surface area contributed by atoms with Crippen molar-refractivity contribution in [3.05, 3.63) is 96.6 Å². The minimum atomic E-state index is -4.09. The van der Waals surface area contributed by atoms with Gasteiger partial charge in [-0.25, -0.2) is 22.3 Å². The molecule has 1 amide bonds. The topological polar surface area (TPSA) is 116 Å². The number of hydrogen-bond donors (Lipinski definition) is 1. The van der Waals surface area contributed by atoms with Crippen LogP contribution < -0.4 is 5.43 Å². The molecular formula is C29H34N4O5S2. The maximum absolute atomic E-state index is 13.6. The molecule has 0 spiro atoms. The molecule has 0 aliphatic carbocycles. The van der Waals surface area contributed by atoms with Crippen LogP contribution in [-0.4, -0.2) is 62.7 Å². The van der Waals surface area contributed by atoms with Crippen molar-refractivity contribution in [1.29, 1.82) is 0 Å². The number of carbonyl (C=O) groups excluding carboxylic acids is 1. The number of piperazine rings is 1. The second-order valence-corrected chi connectivity index (χ2v) is 14.2. The highest BCUT2D eigenvalue weighted by Gasteiger charge is 2.43. The molecule has 0 radical (unpaired) electrons. The van der Waals surface area contributed by atoms with Crippen LogP contribution in [0.5, 0.6) is 0 Å². The predicted octanol–water partition coefficient (Wildman–Crippen LogP) is 3.61. The van der Waals surface area contributed by atoms with Gasteiger partial charge in [-0.2, -0.15) is 13.7 Å². The average molecular weight is 583 g/mol. The predicted molar refractivity (Wildman–Crippen MR) is 155 cm³/mol. The number of carbonyl (C=O) groups is 1. The van der Waals surface area contributed by atoms with Crippen LogP contribution in [0.2, 0.25) is 0 Å². The Labute approximate surface area is 236 Å². The molecule has 9 nitrogen and oxygen atoms in total. The van der Waals surface area contributed by atoms with Crippen LogP contribution in [0.4, 0.5) is 0 Å². The molecule has 1 atom stereocenters. The van der Waals surface area contributed by atoms with E-state index in [1.54, 1.807) is 43.3 Å². The summed E-state index contributed by atoms with van der Waals surface area (Å²) in [6, 6.07) is 24.3. The summed E-state index contributed by atoms with van der Waals surface area (Å²) in [5, 5.41) is 4.27. The van der Waals surface area contributed by atoms with Crippen molar-refractivity contribution in [2.24, 2.45) is 5.10 Å². The number of nitrogens with zero attached hydrogens (tertiary/aromatic N) is 3. The normalized spacial score (nSPS) is 17.9. The Hall–Kier alpha value is -3.38. The van der Waals surface area contributed by atoms with Gasteiger partial charge in [-0.3, -0.25) is 4.79 Å². The summed E-state index contributed by atoms with van der Waals surface area (Å²) in [7, 11) is -8.04. The molecule has 1 fully saturated rings. The van der Waals surface area contributed by atoms with Gasteiger partial charge in [0.2, 0.25) is 20.0 Å². The first-order valence-corrected chi connectivity index (χ1v) is 15.8. The molecule has 0 aromatic heterocycles. The number of nitrogens with one attached hydrogen (secondary N) is 1. The van der Waals surface area contributed by atoms with Crippen molar-refractivity contribution >= 4 is 31.7 Å². The van der Waals surface area contributed by atoms with Crippen molar-refractivity contribution < 1.29 is 21.6 Å². The fourth-order valence-corrected chi connectivity index (χ4v) is 7.88. The molecule has 212 valence electrons. The summed E-state index contributed by atoms with van der Waals surface area (Å²) in [6.45, 7) is 5.30. The van der Waals surface area contributed by atoms with Crippen molar-refractivity contribution in [3.8, 4) is 0 Å². The van der Waals surface area contributed by atoms with Crippen LogP contribution in [-0.2, 0) is 30.3 Å². The number of rotatable bonds is 9. The van der Waals surface area contributed by atoms with Crippen molar-refractivity contribution in [3.63, 3.8) is 0 Å². The summed E-state index contributed by atoms with van der Waals surface area (Å²) < 4.78 is 56.0. The van der Waals surface area contributed by atoms with Crippen LogP contribution in [0, 0.1) is 0 Å². The number of hydrazone groups is 1. The zero-order chi connectivity index (χ0) is 29.0. The minimum Gasteiger partial charge on any atom is -0.271 e. The molecule has 0 saturated carbocycles. The van der Waals surface area contributed by atoms with E-state index in [4.69, 9.17) is 0 Å². The first kappa shape index (κ1) is 29.6. The van der Waals surface area contributed by atoms with Gasteiger partial charge in [0.05, 0.1) is 9.79 Å². The van der Waals surface area contributed by atoms with Gasteiger partial charge in [0, 0.05) is 25.3 Å². The third-order valence-electron chi connectivity index (χ3n) is 6.94. The molecule has 1 aliphatic rings. The van der Waals surface area contributed by atoms with Crippen molar-refractivity contribution in [2.45, 2.75) is 48.4 Å². The molecule has 40 heavy (non-hydrogen) atoms. The van der Waals surface area contributed by atoms with Gasteiger partial charge < -0.3 is 0 Å². The van der Waals surface area contributed by atoms with E-state index >= 15 is 0 Å².